The van der Waals surface area contributed by atoms with Crippen molar-refractivity contribution < 1.29 is 4.39 Å². The average molecular weight is 457 g/mol. The van der Waals surface area contributed by atoms with Gasteiger partial charge in [0.25, 0.3) is 6.28 Å². The van der Waals surface area contributed by atoms with Crippen molar-refractivity contribution in [2.75, 3.05) is 20.6 Å². The molecular formula is C33H36BN. The molecule has 0 bridgehead atoms. The summed E-state index contributed by atoms with van der Waals surface area (Å²) in [6.07, 6.45) is -1.30. The van der Waals surface area contributed by atoms with E-state index in [4.69, 9.17) is 0 Å². The first-order valence-electron chi connectivity index (χ1n) is 12.7. The molecule has 0 spiro atoms. The highest BCUT2D eigenvalue weighted by atomic mass is 15.3. The van der Waals surface area contributed by atoms with Gasteiger partial charge in [0.1, 0.15) is 0 Å². The number of benzene rings is 4. The van der Waals surface area contributed by atoms with E-state index in [1.165, 1.54) is 55.4 Å². The van der Waals surface area contributed by atoms with E-state index in [0.717, 1.165) is 10.9 Å². The van der Waals surface area contributed by atoms with Crippen LogP contribution in [0.5, 0.6) is 0 Å². The monoisotopic (exact) mass is 457 g/mol. The Labute approximate surface area is 211 Å². The molecule has 0 radical (unpaired) electrons. The second-order valence-electron chi connectivity index (χ2n) is 11.2. The van der Waals surface area contributed by atoms with Gasteiger partial charge in [-0.25, -0.2) is 0 Å². The summed E-state index contributed by atoms with van der Waals surface area (Å²) in [5, 5.41) is 0. The Morgan fingerprint density at radius 2 is 0.829 bits per heavy atom. The molecule has 35 heavy (non-hydrogen) atoms. The predicted octanol–water partition coefficient (Wildman–Crippen LogP) is 6.22. The fourth-order valence-corrected chi connectivity index (χ4v) is 6.40. The van der Waals surface area contributed by atoms with Crippen molar-refractivity contribution in [1.29, 1.82) is 0 Å². The van der Waals surface area contributed by atoms with Crippen molar-refractivity contribution >= 4 is 28.3 Å². The fourth-order valence-electron chi connectivity index (χ4n) is 6.40. The molecule has 0 amide bonds. The highest BCUT2D eigenvalue weighted by molar-refractivity contribution is 7.11. The Morgan fingerprint density at radius 3 is 1.23 bits per heavy atom. The van der Waals surface area contributed by atoms with Crippen molar-refractivity contribution in [3.8, 4) is 0 Å². The third-order valence-corrected chi connectivity index (χ3v) is 8.24. The van der Waals surface area contributed by atoms with Crippen LogP contribution in [0.15, 0.2) is 97.1 Å². The molecule has 4 aromatic rings. The fraction of sp³-hybridized carbons (Fsp3) is 0.212. The molecule has 2 heteroatoms. The quantitative estimate of drug-likeness (QED) is 0.319. The maximum Gasteiger partial charge on any atom is 0.292 e. The van der Waals surface area contributed by atoms with Crippen LogP contribution < -0.4 is 10.9 Å². The Kier molecular flexibility index (Phi) is 5.81. The van der Waals surface area contributed by atoms with E-state index < -0.39 is 6.28 Å². The van der Waals surface area contributed by atoms with E-state index in [1.54, 1.807) is 0 Å². The second-order valence-corrected chi connectivity index (χ2v) is 11.2. The molecule has 0 unspecified atom stereocenters. The van der Waals surface area contributed by atoms with Gasteiger partial charge in [-0.2, -0.15) is 0 Å². The lowest BCUT2D eigenvalue weighted by atomic mass is 9.21. The van der Waals surface area contributed by atoms with E-state index in [9.17, 15) is 0 Å². The molecular weight excluding hydrogens is 421 g/mol. The minimum atomic E-state index is -1.30. The molecule has 0 fully saturated rings. The van der Waals surface area contributed by atoms with Crippen molar-refractivity contribution in [3.05, 3.63) is 130 Å². The van der Waals surface area contributed by atoms with Crippen LogP contribution in [0.25, 0.3) is 11.0 Å². The molecule has 0 saturated heterocycles. The molecule has 0 aliphatic carbocycles. The molecule has 1 nitrogen and oxygen atoms in total. The summed E-state index contributed by atoms with van der Waals surface area (Å²) in [5.74, 6) is 0. The minimum Gasteiger partial charge on any atom is -0.505 e. The van der Waals surface area contributed by atoms with Crippen molar-refractivity contribution in [2.24, 2.45) is 0 Å². The molecule has 5 rings (SSSR count). The molecule has 176 valence electrons. The molecule has 0 saturated carbocycles. The smallest absolute Gasteiger partial charge is 0.292 e. The number of rotatable bonds is 4. The standard InChI is InChI=1S/C33H36BN/c1-24-7-15-28(16-8-24)32-23-35(5,6)34(30-19-11-26(3)12-20-30,31-21-13-27(4)14-22-31)33(32)29-17-9-25(2)10-18-29/h7-22H,23H2,1-6H3. The summed E-state index contributed by atoms with van der Waals surface area (Å²) >= 11 is 0. The summed E-state index contributed by atoms with van der Waals surface area (Å²) < 4.78 is 0.887. The van der Waals surface area contributed by atoms with Crippen molar-refractivity contribution in [2.45, 2.75) is 27.7 Å². The molecule has 1 aliphatic heterocycles. The zero-order valence-electron chi connectivity index (χ0n) is 22.0. The summed E-state index contributed by atoms with van der Waals surface area (Å²) in [5.41, 5.74) is 13.6. The van der Waals surface area contributed by atoms with E-state index >= 15 is 0 Å². The van der Waals surface area contributed by atoms with Gasteiger partial charge in [-0.05, 0) is 38.8 Å². The molecule has 1 heterocycles. The van der Waals surface area contributed by atoms with Crippen LogP contribution in [-0.2, 0) is 0 Å². The van der Waals surface area contributed by atoms with Gasteiger partial charge in [-0.1, -0.05) is 125 Å². The number of aryl methyl sites for hydroxylation is 4. The van der Waals surface area contributed by atoms with E-state index in [1.807, 2.05) is 0 Å². The normalized spacial score (nSPS) is 16.5. The van der Waals surface area contributed by atoms with Crippen LogP contribution in [0.1, 0.15) is 33.4 Å². The highest BCUT2D eigenvalue weighted by Gasteiger charge is 2.53. The minimum absolute atomic E-state index is 0.887. The molecule has 4 aromatic carbocycles. The average Bonchev–Trinajstić information content (AvgIpc) is 3.09. The second kappa shape index (κ2) is 8.70. The van der Waals surface area contributed by atoms with Gasteiger partial charge in [-0.15, -0.1) is 16.4 Å². The maximum atomic E-state index is 2.43. The highest BCUT2D eigenvalue weighted by Crippen LogP contribution is 2.45. The molecule has 0 atom stereocenters. The van der Waals surface area contributed by atoms with E-state index in [0.29, 0.717) is 0 Å². The zero-order valence-corrected chi connectivity index (χ0v) is 22.0. The lowest BCUT2D eigenvalue weighted by Crippen LogP contribution is -2.75. The van der Waals surface area contributed by atoms with Gasteiger partial charge in [0.05, 0.1) is 6.54 Å². The predicted molar refractivity (Wildman–Crippen MR) is 154 cm³/mol. The largest absolute Gasteiger partial charge is 0.505 e. The van der Waals surface area contributed by atoms with Crippen LogP contribution in [0.4, 0.5) is 0 Å². The van der Waals surface area contributed by atoms with Gasteiger partial charge in [0, 0.05) is 14.1 Å². The number of hydrogen-bond acceptors (Lipinski definition) is 0. The third kappa shape index (κ3) is 3.87. The summed E-state index contributed by atoms with van der Waals surface area (Å²) in [6, 6.07) is 37.0. The Hall–Kier alpha value is -3.36. The molecule has 0 N–H and O–H groups in total. The van der Waals surface area contributed by atoms with Crippen molar-refractivity contribution in [3.63, 3.8) is 0 Å². The first-order valence-corrected chi connectivity index (χ1v) is 12.7. The molecule has 1 aliphatic rings. The number of hydrogen-bond donors (Lipinski definition) is 0. The summed E-state index contributed by atoms with van der Waals surface area (Å²) in [6.45, 7) is 9.68. The third-order valence-electron chi connectivity index (χ3n) is 8.24. The van der Waals surface area contributed by atoms with Crippen LogP contribution in [-0.4, -0.2) is 31.3 Å². The van der Waals surface area contributed by atoms with E-state index in [2.05, 4.69) is 139 Å². The Morgan fingerprint density at radius 1 is 0.486 bits per heavy atom. The van der Waals surface area contributed by atoms with Gasteiger partial charge < -0.3 is 4.39 Å². The lowest BCUT2D eigenvalue weighted by Gasteiger charge is -2.53. The summed E-state index contributed by atoms with van der Waals surface area (Å²) in [7, 11) is 4.85. The Balaban J connectivity index is 1.93. The topological polar surface area (TPSA) is 0 Å². The van der Waals surface area contributed by atoms with Crippen molar-refractivity contribution in [1.82, 2.24) is 0 Å². The van der Waals surface area contributed by atoms with Crippen LogP contribution in [0.2, 0.25) is 0 Å². The van der Waals surface area contributed by atoms with Crippen LogP contribution >= 0.6 is 0 Å². The summed E-state index contributed by atoms with van der Waals surface area (Å²) in [4.78, 5) is 0. The first-order chi connectivity index (χ1) is 16.7. The van der Waals surface area contributed by atoms with Crippen LogP contribution in [0.3, 0.4) is 0 Å². The van der Waals surface area contributed by atoms with Gasteiger partial charge in [-0.3, -0.25) is 0 Å². The molecule has 0 aromatic heterocycles. The Bertz CT molecular complexity index is 1330. The number of likely N-dealkylation sites (N-methyl/N-ethyl adjacent to an activating group) is 1. The number of nitrogens with zero attached hydrogens (tertiary/aromatic N) is 1. The van der Waals surface area contributed by atoms with Crippen LogP contribution in [0, 0.1) is 27.7 Å². The lowest BCUT2D eigenvalue weighted by molar-refractivity contribution is -0.774. The SMILES string of the molecule is Cc1ccc(C2=C(c3ccc(C)cc3)[B-](c3ccc(C)cc3)(c3ccc(C)cc3)[N+](C)(C)C2)cc1. The van der Waals surface area contributed by atoms with Gasteiger partial charge >= 0.3 is 0 Å². The van der Waals surface area contributed by atoms with E-state index in [-0.39, 0.29) is 0 Å². The first kappa shape index (κ1) is 23.4. The van der Waals surface area contributed by atoms with Gasteiger partial charge in [0.15, 0.2) is 0 Å². The zero-order chi connectivity index (χ0) is 24.8. The van der Waals surface area contributed by atoms with Gasteiger partial charge in [0.2, 0.25) is 0 Å². The number of quaternary nitrogens is 1. The maximum absolute atomic E-state index is 2.43.